The van der Waals surface area contributed by atoms with Crippen molar-refractivity contribution in [2.75, 3.05) is 6.61 Å². The van der Waals surface area contributed by atoms with Gasteiger partial charge in [0.2, 0.25) is 0 Å². The van der Waals surface area contributed by atoms with Crippen LogP contribution in [0.3, 0.4) is 0 Å². The van der Waals surface area contributed by atoms with Crippen molar-refractivity contribution in [1.29, 1.82) is 0 Å². The van der Waals surface area contributed by atoms with E-state index in [1.54, 1.807) is 6.92 Å². The molecule has 0 saturated carbocycles. The first kappa shape index (κ1) is 18.1. The molecule has 4 nitrogen and oxygen atoms in total. The van der Waals surface area contributed by atoms with Gasteiger partial charge in [0, 0.05) is 29.8 Å². The fourth-order valence-corrected chi connectivity index (χ4v) is 5.36. The second-order valence-electron chi connectivity index (χ2n) is 5.85. The number of hydrogen-bond acceptors (Lipinski definition) is 3. The Morgan fingerprint density at radius 3 is 2.84 bits per heavy atom. The molecule has 0 radical (unpaired) electrons. The predicted molar refractivity (Wildman–Crippen MR) is 99.7 cm³/mol. The number of benzene rings is 1. The third-order valence-corrected chi connectivity index (χ3v) is 6.46. The van der Waals surface area contributed by atoms with E-state index in [0.717, 1.165) is 16.7 Å². The van der Waals surface area contributed by atoms with Crippen molar-refractivity contribution in [1.82, 2.24) is 0 Å². The van der Waals surface area contributed by atoms with E-state index in [1.807, 2.05) is 30.9 Å². The number of hydrogen-bond donors (Lipinski definition) is 1. The molecule has 2 aliphatic rings. The van der Waals surface area contributed by atoms with Gasteiger partial charge in [0.05, 0.1) is 13.7 Å². The molecule has 1 aromatic carbocycles. The summed E-state index contributed by atoms with van der Waals surface area (Å²) >= 11 is 6.38. The average molecular weight is 377 g/mol. The highest BCUT2D eigenvalue weighted by Crippen LogP contribution is 2.53. The first-order valence-electron chi connectivity index (χ1n) is 8.01. The lowest BCUT2D eigenvalue weighted by atomic mass is 9.83. The Morgan fingerprint density at radius 1 is 1.40 bits per heavy atom. The Morgan fingerprint density at radius 2 is 2.16 bits per heavy atom. The highest BCUT2D eigenvalue weighted by molar-refractivity contribution is 7.55. The molecule has 0 spiro atoms. The average Bonchev–Trinajstić information content (AvgIpc) is 2.56. The summed E-state index contributed by atoms with van der Waals surface area (Å²) in [7, 11) is -0.906. The van der Waals surface area contributed by atoms with E-state index < -0.39 is 14.1 Å². The summed E-state index contributed by atoms with van der Waals surface area (Å²) in [6, 6.07) is 5.60. The number of carbonyl (C=O) groups excluding carboxylic acids is 1. The van der Waals surface area contributed by atoms with Crippen molar-refractivity contribution in [2.45, 2.75) is 26.4 Å². The first-order valence-corrected chi connectivity index (χ1v) is 9.90. The maximum atomic E-state index is 12.6. The quantitative estimate of drug-likeness (QED) is 0.757. The highest BCUT2D eigenvalue weighted by atomic mass is 35.5. The van der Waals surface area contributed by atoms with Crippen molar-refractivity contribution in [3.8, 4) is 0 Å². The standard InChI is InChI=1S/C19H18ClO4P/c1-3-24-25-9-14-13(5-4-6-16(14)20)15(10-25)18-11(2)12(19(22)23)7-8-17(18)21/h4-7,10H,3,8-9H2,1-2H3,(H,22,23). The fraction of sp³-hybridized carbons (Fsp3) is 0.263. The molecule has 130 valence electrons. The summed E-state index contributed by atoms with van der Waals surface area (Å²) in [6.07, 6.45) is 2.27. The maximum Gasteiger partial charge on any atom is 0.335 e. The molecular weight excluding hydrogens is 359 g/mol. The van der Waals surface area contributed by atoms with Crippen LogP contribution in [0.1, 0.15) is 31.4 Å². The number of carboxylic acid groups (broad SMARTS) is 1. The molecule has 0 fully saturated rings. The molecule has 1 N–H and O–H groups in total. The number of fused-ring (bicyclic) bond motifs is 1. The normalized spacial score (nSPS) is 20.1. The zero-order chi connectivity index (χ0) is 18.1. The topological polar surface area (TPSA) is 63.6 Å². The molecule has 1 aliphatic carbocycles. The number of allylic oxidation sites excluding steroid dienone is 3. The van der Waals surface area contributed by atoms with E-state index in [2.05, 4.69) is 0 Å². The lowest BCUT2D eigenvalue weighted by molar-refractivity contribution is -0.132. The molecule has 6 heteroatoms. The van der Waals surface area contributed by atoms with Gasteiger partial charge in [-0.1, -0.05) is 29.8 Å². The molecule has 0 amide bonds. The zero-order valence-electron chi connectivity index (χ0n) is 14.0. The second-order valence-corrected chi connectivity index (χ2v) is 7.93. The minimum absolute atomic E-state index is 0.0759. The summed E-state index contributed by atoms with van der Waals surface area (Å²) in [4.78, 5) is 24.1. The number of Topliss-reactive ketones (excluding diaryl/α,β-unsaturated/α-hetero) is 1. The monoisotopic (exact) mass is 376 g/mol. The molecule has 0 aromatic heterocycles. The van der Waals surface area contributed by atoms with E-state index in [4.69, 9.17) is 16.1 Å². The Hall–Kier alpha value is -1.74. The summed E-state index contributed by atoms with van der Waals surface area (Å²) in [5, 5.41) is 10.1. The molecule has 1 atom stereocenters. The number of aliphatic carboxylic acids is 1. The van der Waals surface area contributed by atoms with Gasteiger partial charge < -0.3 is 9.63 Å². The van der Waals surface area contributed by atoms with Crippen molar-refractivity contribution in [3.05, 3.63) is 63.0 Å². The Kier molecular flexibility index (Phi) is 5.24. The molecule has 1 aromatic rings. The zero-order valence-corrected chi connectivity index (χ0v) is 15.7. The minimum atomic E-state index is -1.02. The van der Waals surface area contributed by atoms with E-state index in [9.17, 15) is 14.7 Å². The maximum absolute atomic E-state index is 12.6. The summed E-state index contributed by atoms with van der Waals surface area (Å²) in [6.45, 7) is 4.19. The SMILES string of the molecule is CCOP1C=C(C2=C(C)C(C(=O)O)=CCC2=O)c2cccc(Cl)c2C1. The van der Waals surface area contributed by atoms with Crippen LogP contribution in [-0.4, -0.2) is 23.5 Å². The third-order valence-electron chi connectivity index (χ3n) is 4.34. The lowest BCUT2D eigenvalue weighted by Crippen LogP contribution is -2.17. The number of halogens is 1. The Labute approximate surface area is 152 Å². The van der Waals surface area contributed by atoms with E-state index in [-0.39, 0.29) is 17.8 Å². The smallest absolute Gasteiger partial charge is 0.335 e. The summed E-state index contributed by atoms with van der Waals surface area (Å²) < 4.78 is 5.83. The molecule has 0 saturated heterocycles. The molecule has 25 heavy (non-hydrogen) atoms. The van der Waals surface area contributed by atoms with E-state index >= 15 is 0 Å². The van der Waals surface area contributed by atoms with Gasteiger partial charge >= 0.3 is 5.97 Å². The van der Waals surface area contributed by atoms with Crippen molar-refractivity contribution in [3.63, 3.8) is 0 Å². The molecule has 0 bridgehead atoms. The molecule has 3 rings (SSSR count). The van der Waals surface area contributed by atoms with Crippen LogP contribution in [0.15, 0.2) is 46.8 Å². The minimum Gasteiger partial charge on any atom is -0.478 e. The first-order chi connectivity index (χ1) is 11.9. The van der Waals surface area contributed by atoms with Gasteiger partial charge in [0.25, 0.3) is 0 Å². The van der Waals surface area contributed by atoms with Crippen LogP contribution in [0.25, 0.3) is 5.57 Å². The fourth-order valence-electron chi connectivity index (χ4n) is 3.23. The van der Waals surface area contributed by atoms with Crippen LogP contribution >= 0.6 is 19.7 Å². The van der Waals surface area contributed by atoms with Crippen LogP contribution in [-0.2, 0) is 20.3 Å². The van der Waals surface area contributed by atoms with E-state index in [1.165, 1.54) is 6.08 Å². The van der Waals surface area contributed by atoms with Crippen LogP contribution in [0, 0.1) is 0 Å². The lowest BCUT2D eigenvalue weighted by Gasteiger charge is -2.27. The van der Waals surface area contributed by atoms with Gasteiger partial charge in [-0.3, -0.25) is 4.79 Å². The van der Waals surface area contributed by atoms with Gasteiger partial charge in [-0.2, -0.15) is 0 Å². The highest BCUT2D eigenvalue weighted by Gasteiger charge is 2.31. The predicted octanol–water partition coefficient (Wildman–Crippen LogP) is 4.93. The molecule has 1 aliphatic heterocycles. The largest absolute Gasteiger partial charge is 0.478 e. The van der Waals surface area contributed by atoms with E-state index in [0.29, 0.717) is 28.9 Å². The van der Waals surface area contributed by atoms with Gasteiger partial charge in [0.15, 0.2) is 5.78 Å². The molecule has 1 unspecified atom stereocenters. The summed E-state index contributed by atoms with van der Waals surface area (Å²) in [5.41, 5.74) is 3.74. The third kappa shape index (κ3) is 3.35. The Bertz CT molecular complexity index is 851. The van der Waals surface area contributed by atoms with Crippen LogP contribution in [0.5, 0.6) is 0 Å². The van der Waals surface area contributed by atoms with Gasteiger partial charge in [-0.15, -0.1) is 0 Å². The van der Waals surface area contributed by atoms with Crippen LogP contribution in [0.2, 0.25) is 5.02 Å². The van der Waals surface area contributed by atoms with Crippen LogP contribution < -0.4 is 0 Å². The Balaban J connectivity index is 2.21. The van der Waals surface area contributed by atoms with Gasteiger partial charge in [0.1, 0.15) is 0 Å². The summed E-state index contributed by atoms with van der Waals surface area (Å²) in [5.74, 6) is 0.893. The van der Waals surface area contributed by atoms with Crippen molar-refractivity contribution in [2.24, 2.45) is 0 Å². The van der Waals surface area contributed by atoms with Gasteiger partial charge in [-0.05, 0) is 48.0 Å². The van der Waals surface area contributed by atoms with Gasteiger partial charge in [-0.25, -0.2) is 4.79 Å². The number of carbonyl (C=O) groups is 2. The van der Waals surface area contributed by atoms with Crippen molar-refractivity contribution < 1.29 is 19.2 Å². The second kappa shape index (κ2) is 7.25. The molecular formula is C19H18ClO4P. The number of rotatable bonds is 4. The number of carboxylic acids is 1. The van der Waals surface area contributed by atoms with Crippen LogP contribution in [0.4, 0.5) is 0 Å². The molecule has 1 heterocycles. The van der Waals surface area contributed by atoms with Crippen molar-refractivity contribution >= 4 is 37.1 Å². The number of ketones is 1.